The summed E-state index contributed by atoms with van der Waals surface area (Å²) in [6.45, 7) is 3.96. The molecule has 0 saturated carbocycles. The van der Waals surface area contributed by atoms with Crippen LogP contribution >= 0.6 is 0 Å². The molecule has 2 aromatic carbocycles. The highest BCUT2D eigenvalue weighted by molar-refractivity contribution is 7.89. The second-order valence-corrected chi connectivity index (χ2v) is 9.73. The fourth-order valence-corrected chi connectivity index (χ4v) is 4.89. The summed E-state index contributed by atoms with van der Waals surface area (Å²) in [6.07, 6.45) is -4.50. The average Bonchev–Trinajstić information content (AvgIpc) is 2.78. The Morgan fingerprint density at radius 1 is 0.939 bits per heavy atom. The van der Waals surface area contributed by atoms with Gasteiger partial charge in [0.1, 0.15) is 0 Å². The molecule has 178 valence electrons. The normalized spacial score (nSPS) is 15.4. The van der Waals surface area contributed by atoms with Gasteiger partial charge in [0.05, 0.1) is 17.0 Å². The zero-order valence-corrected chi connectivity index (χ0v) is 19.0. The molecule has 3 rings (SSSR count). The van der Waals surface area contributed by atoms with Crippen LogP contribution in [0.2, 0.25) is 0 Å². The lowest BCUT2D eigenvalue weighted by molar-refractivity contribution is -0.137. The van der Waals surface area contributed by atoms with E-state index >= 15 is 0 Å². The topological polar surface area (TPSA) is 86.8 Å². The molecule has 2 aromatic rings. The molecule has 7 nitrogen and oxygen atoms in total. The van der Waals surface area contributed by atoms with E-state index in [0.29, 0.717) is 0 Å². The summed E-state index contributed by atoms with van der Waals surface area (Å²) in [5.74, 6) is -1.08. The van der Waals surface area contributed by atoms with Crippen LogP contribution in [-0.2, 0) is 21.0 Å². The van der Waals surface area contributed by atoms with Gasteiger partial charge in [-0.3, -0.25) is 9.59 Å². The molecular weight excluding hydrogens is 459 g/mol. The van der Waals surface area contributed by atoms with Gasteiger partial charge in [0.2, 0.25) is 15.9 Å². The van der Waals surface area contributed by atoms with Crippen molar-refractivity contribution in [1.82, 2.24) is 14.5 Å². The van der Waals surface area contributed by atoms with E-state index in [0.717, 1.165) is 35.4 Å². The summed E-state index contributed by atoms with van der Waals surface area (Å²) in [4.78, 5) is 26.2. The van der Waals surface area contributed by atoms with Crippen molar-refractivity contribution in [3.05, 3.63) is 64.7 Å². The van der Waals surface area contributed by atoms with Gasteiger partial charge in [-0.05, 0) is 61.4 Å². The van der Waals surface area contributed by atoms with E-state index in [2.05, 4.69) is 5.32 Å². The minimum Gasteiger partial charge on any atom is -0.343 e. The van der Waals surface area contributed by atoms with Gasteiger partial charge in [0.25, 0.3) is 5.91 Å². The van der Waals surface area contributed by atoms with Crippen molar-refractivity contribution in [3.8, 4) is 0 Å². The number of rotatable bonds is 5. The van der Waals surface area contributed by atoms with E-state index in [1.165, 1.54) is 9.21 Å². The van der Waals surface area contributed by atoms with Crippen molar-refractivity contribution in [2.24, 2.45) is 0 Å². The molecule has 0 bridgehead atoms. The van der Waals surface area contributed by atoms with Crippen LogP contribution in [0.15, 0.2) is 47.4 Å². The van der Waals surface area contributed by atoms with Crippen molar-refractivity contribution in [2.45, 2.75) is 24.9 Å². The number of hydrogen-bond donors (Lipinski definition) is 1. The highest BCUT2D eigenvalue weighted by Gasteiger charge is 2.31. The largest absolute Gasteiger partial charge is 0.416 e. The Balaban J connectivity index is 1.53. The number of hydrogen-bond acceptors (Lipinski definition) is 4. The van der Waals surface area contributed by atoms with Crippen LogP contribution in [0.3, 0.4) is 0 Å². The van der Waals surface area contributed by atoms with Gasteiger partial charge in [-0.1, -0.05) is 6.07 Å². The molecule has 0 atom stereocenters. The second-order valence-electron chi connectivity index (χ2n) is 7.79. The summed E-state index contributed by atoms with van der Waals surface area (Å²) in [5.41, 5.74) is 0.986. The first-order valence-corrected chi connectivity index (χ1v) is 11.6. The number of alkyl halides is 3. The van der Waals surface area contributed by atoms with Crippen LogP contribution in [0.25, 0.3) is 0 Å². The minimum absolute atomic E-state index is 0.0000963. The van der Waals surface area contributed by atoms with E-state index < -0.39 is 33.6 Å². The van der Waals surface area contributed by atoms with Gasteiger partial charge in [-0.15, -0.1) is 0 Å². The molecule has 0 radical (unpaired) electrons. The predicted octanol–water partition coefficient (Wildman–Crippen LogP) is 2.59. The molecule has 1 fully saturated rings. The van der Waals surface area contributed by atoms with Crippen molar-refractivity contribution in [3.63, 3.8) is 0 Å². The third kappa shape index (κ3) is 5.72. The Kier molecular flexibility index (Phi) is 7.13. The smallest absolute Gasteiger partial charge is 0.343 e. The van der Waals surface area contributed by atoms with Gasteiger partial charge in [0, 0.05) is 31.7 Å². The van der Waals surface area contributed by atoms with E-state index in [1.807, 2.05) is 13.8 Å². The monoisotopic (exact) mass is 483 g/mol. The van der Waals surface area contributed by atoms with Crippen LogP contribution in [0.5, 0.6) is 0 Å². The Labute approximate surface area is 190 Å². The second kappa shape index (κ2) is 9.52. The molecule has 0 spiro atoms. The quantitative estimate of drug-likeness (QED) is 0.709. The molecule has 2 amide bonds. The van der Waals surface area contributed by atoms with Crippen molar-refractivity contribution in [2.75, 3.05) is 32.7 Å². The number of aryl methyl sites for hydroxylation is 2. The number of nitrogens with zero attached hydrogens (tertiary/aromatic N) is 2. The summed E-state index contributed by atoms with van der Waals surface area (Å²) >= 11 is 0. The Morgan fingerprint density at radius 3 is 2.09 bits per heavy atom. The van der Waals surface area contributed by atoms with Crippen molar-refractivity contribution < 1.29 is 31.2 Å². The van der Waals surface area contributed by atoms with E-state index in [1.54, 1.807) is 18.2 Å². The summed E-state index contributed by atoms with van der Waals surface area (Å²) in [7, 11) is -3.68. The molecule has 1 heterocycles. The lowest BCUT2D eigenvalue weighted by atomic mass is 10.1. The lowest BCUT2D eigenvalue weighted by Gasteiger charge is -2.34. The first-order valence-electron chi connectivity index (χ1n) is 10.2. The lowest BCUT2D eigenvalue weighted by Crippen LogP contribution is -2.52. The predicted molar refractivity (Wildman–Crippen MR) is 115 cm³/mol. The number of benzene rings is 2. The number of carbonyl (C=O) groups excluding carboxylic acids is 2. The van der Waals surface area contributed by atoms with Gasteiger partial charge in [-0.25, -0.2) is 8.42 Å². The molecule has 33 heavy (non-hydrogen) atoms. The highest BCUT2D eigenvalue weighted by atomic mass is 32.2. The zero-order chi connectivity index (χ0) is 24.4. The van der Waals surface area contributed by atoms with Crippen LogP contribution in [0.1, 0.15) is 27.0 Å². The van der Waals surface area contributed by atoms with Crippen molar-refractivity contribution in [1.29, 1.82) is 0 Å². The van der Waals surface area contributed by atoms with Gasteiger partial charge < -0.3 is 10.2 Å². The standard InChI is InChI=1S/C22H24F3N3O4S/c1-15-3-8-19(13-16(15)2)33(31,32)28-11-9-27(10-12-28)20(29)14-26-21(30)17-4-6-18(7-5-17)22(23,24)25/h3-8,13H,9-12,14H2,1-2H3,(H,26,30). The first-order chi connectivity index (χ1) is 15.4. The molecule has 1 saturated heterocycles. The van der Waals surface area contributed by atoms with Crippen LogP contribution in [0.4, 0.5) is 13.2 Å². The molecule has 11 heteroatoms. The van der Waals surface area contributed by atoms with Crippen LogP contribution in [-0.4, -0.2) is 62.2 Å². The van der Waals surface area contributed by atoms with Crippen molar-refractivity contribution >= 4 is 21.8 Å². The molecule has 0 unspecified atom stereocenters. The maximum absolute atomic E-state index is 12.9. The number of amides is 2. The Morgan fingerprint density at radius 2 is 1.55 bits per heavy atom. The molecule has 1 N–H and O–H groups in total. The molecule has 1 aliphatic heterocycles. The summed E-state index contributed by atoms with van der Waals surface area (Å²) in [6, 6.07) is 8.61. The number of halogens is 3. The first kappa shape index (κ1) is 24.7. The molecule has 0 aliphatic carbocycles. The zero-order valence-electron chi connectivity index (χ0n) is 18.1. The van der Waals surface area contributed by atoms with E-state index in [-0.39, 0.29) is 43.2 Å². The average molecular weight is 484 g/mol. The summed E-state index contributed by atoms with van der Waals surface area (Å²) in [5, 5.41) is 2.39. The maximum atomic E-state index is 12.9. The summed E-state index contributed by atoms with van der Waals surface area (Å²) < 4.78 is 64.9. The van der Waals surface area contributed by atoms with E-state index in [9.17, 15) is 31.2 Å². The van der Waals surface area contributed by atoms with Gasteiger partial charge >= 0.3 is 6.18 Å². The van der Waals surface area contributed by atoms with Crippen LogP contribution < -0.4 is 5.32 Å². The Bertz CT molecular complexity index is 1140. The van der Waals surface area contributed by atoms with Crippen LogP contribution in [0, 0.1) is 13.8 Å². The maximum Gasteiger partial charge on any atom is 0.416 e. The number of sulfonamides is 1. The Hall–Kier alpha value is -2.92. The van der Waals surface area contributed by atoms with E-state index in [4.69, 9.17) is 0 Å². The number of nitrogens with one attached hydrogen (secondary N) is 1. The third-order valence-corrected chi connectivity index (χ3v) is 7.48. The number of carbonyl (C=O) groups is 2. The van der Waals surface area contributed by atoms with Gasteiger partial charge in [0.15, 0.2) is 0 Å². The SMILES string of the molecule is Cc1ccc(S(=O)(=O)N2CCN(C(=O)CNC(=O)c3ccc(C(F)(F)F)cc3)CC2)cc1C. The highest BCUT2D eigenvalue weighted by Crippen LogP contribution is 2.29. The molecule has 1 aliphatic rings. The third-order valence-electron chi connectivity index (χ3n) is 5.58. The molecular formula is C22H24F3N3O4S. The fourth-order valence-electron chi connectivity index (χ4n) is 3.38. The minimum atomic E-state index is -4.50. The fraction of sp³-hybridized carbons (Fsp3) is 0.364. The van der Waals surface area contributed by atoms with Gasteiger partial charge in [-0.2, -0.15) is 17.5 Å². The number of piperazine rings is 1. The molecule has 0 aromatic heterocycles.